The Morgan fingerprint density at radius 1 is 1.00 bits per heavy atom. The highest BCUT2D eigenvalue weighted by molar-refractivity contribution is 7.80. The van der Waals surface area contributed by atoms with Crippen LogP contribution in [0.4, 0.5) is 0 Å². The third-order valence-corrected chi connectivity index (χ3v) is 5.38. The van der Waals surface area contributed by atoms with Crippen LogP contribution in [0.2, 0.25) is 0 Å². The first-order valence-corrected chi connectivity index (χ1v) is 11.8. The quantitative estimate of drug-likeness (QED) is 0.0401. The molecule has 1 aromatic heterocycles. The summed E-state index contributed by atoms with van der Waals surface area (Å²) in [6.07, 6.45) is 2.17. The molecule has 0 aliphatic carbocycles. The second-order valence-corrected chi connectivity index (χ2v) is 8.34. The van der Waals surface area contributed by atoms with E-state index in [-0.39, 0.29) is 43.9 Å². The summed E-state index contributed by atoms with van der Waals surface area (Å²) in [4.78, 5) is 71.3. The van der Waals surface area contributed by atoms with Gasteiger partial charge in [0.2, 0.25) is 17.7 Å². The molecule has 0 aromatic carbocycles. The van der Waals surface area contributed by atoms with Crippen molar-refractivity contribution in [2.24, 2.45) is 22.2 Å². The number of nitrogens with zero attached hydrogens (tertiary/aromatic N) is 2. The number of amides is 3. The Bertz CT molecular complexity index is 954. The highest BCUT2D eigenvalue weighted by atomic mass is 32.1. The minimum atomic E-state index is -1.33. The van der Waals surface area contributed by atoms with Crippen molar-refractivity contribution < 1.29 is 34.2 Å². The van der Waals surface area contributed by atoms with Crippen molar-refractivity contribution in [2.45, 2.75) is 56.3 Å². The van der Waals surface area contributed by atoms with Gasteiger partial charge in [-0.05, 0) is 19.3 Å². The lowest BCUT2D eigenvalue weighted by atomic mass is 10.1. The Labute approximate surface area is 217 Å². The second-order valence-electron chi connectivity index (χ2n) is 7.97. The maximum absolute atomic E-state index is 13.0. The summed E-state index contributed by atoms with van der Waals surface area (Å²) >= 11 is 3.92. The first-order chi connectivity index (χ1) is 17.4. The first kappa shape index (κ1) is 31.2. The molecular weight excluding hydrogens is 510 g/mol. The van der Waals surface area contributed by atoms with Crippen LogP contribution >= 0.6 is 12.6 Å². The number of hydrogen-bond donors (Lipinski definition) is 10. The molecule has 37 heavy (non-hydrogen) atoms. The summed E-state index contributed by atoms with van der Waals surface area (Å²) in [6.45, 7) is 0.148. The van der Waals surface area contributed by atoms with Crippen LogP contribution in [-0.2, 0) is 30.4 Å². The summed E-state index contributed by atoms with van der Waals surface area (Å²) in [5.74, 6) is -5.11. The van der Waals surface area contributed by atoms with E-state index in [1.165, 1.54) is 12.5 Å². The van der Waals surface area contributed by atoms with E-state index in [9.17, 15) is 29.1 Å². The summed E-state index contributed by atoms with van der Waals surface area (Å²) in [5.41, 5.74) is 16.6. The van der Waals surface area contributed by atoms with E-state index < -0.39 is 60.2 Å². The van der Waals surface area contributed by atoms with Crippen molar-refractivity contribution >= 4 is 48.2 Å². The first-order valence-electron chi connectivity index (χ1n) is 11.2. The number of carboxylic acid groups (broad SMARTS) is 2. The Kier molecular flexibility index (Phi) is 13.5. The average molecular weight is 544 g/mol. The third kappa shape index (κ3) is 12.1. The van der Waals surface area contributed by atoms with Crippen LogP contribution in [0.15, 0.2) is 17.5 Å². The van der Waals surface area contributed by atoms with E-state index in [1.54, 1.807) is 0 Å². The Hall–Kier alpha value is -3.86. The number of rotatable bonds is 17. The van der Waals surface area contributed by atoms with E-state index in [1.807, 2.05) is 0 Å². The molecule has 4 unspecified atom stereocenters. The molecule has 1 aromatic rings. The number of carbonyl (C=O) groups is 5. The summed E-state index contributed by atoms with van der Waals surface area (Å²) in [7, 11) is 0. The lowest BCUT2D eigenvalue weighted by molar-refractivity contribution is -0.142. The van der Waals surface area contributed by atoms with Gasteiger partial charge in [-0.2, -0.15) is 12.6 Å². The highest BCUT2D eigenvalue weighted by Crippen LogP contribution is 2.06. The second kappa shape index (κ2) is 16.0. The van der Waals surface area contributed by atoms with Gasteiger partial charge in [0.25, 0.3) is 0 Å². The molecule has 3 amide bonds. The number of aromatic nitrogens is 2. The number of carboxylic acids is 2. The largest absolute Gasteiger partial charge is 0.481 e. The van der Waals surface area contributed by atoms with Crippen LogP contribution in [-0.4, -0.2) is 92.3 Å². The number of guanidine groups is 1. The van der Waals surface area contributed by atoms with Crippen molar-refractivity contribution in [2.75, 3.05) is 12.3 Å². The number of H-pyrrole nitrogens is 1. The molecule has 12 N–H and O–H groups in total. The van der Waals surface area contributed by atoms with Crippen molar-refractivity contribution in [3.05, 3.63) is 18.2 Å². The van der Waals surface area contributed by atoms with Gasteiger partial charge in [-0.3, -0.25) is 24.2 Å². The molecule has 0 saturated heterocycles. The maximum atomic E-state index is 13.0. The van der Waals surface area contributed by atoms with Crippen LogP contribution in [0.5, 0.6) is 0 Å². The van der Waals surface area contributed by atoms with E-state index in [2.05, 4.69) is 43.5 Å². The number of aliphatic carboxylic acids is 2. The van der Waals surface area contributed by atoms with Crippen LogP contribution in [0.25, 0.3) is 0 Å². The van der Waals surface area contributed by atoms with E-state index in [0.717, 1.165) is 0 Å². The van der Waals surface area contributed by atoms with Gasteiger partial charge >= 0.3 is 11.9 Å². The number of aromatic amines is 1. The van der Waals surface area contributed by atoms with E-state index in [0.29, 0.717) is 5.69 Å². The number of aliphatic imine (C=N–C) groups is 1. The fourth-order valence-electron chi connectivity index (χ4n) is 3.03. The van der Waals surface area contributed by atoms with Crippen LogP contribution < -0.4 is 33.2 Å². The number of nitrogens with two attached hydrogens (primary N) is 3. The number of nitrogens with one attached hydrogen (secondary N) is 4. The van der Waals surface area contributed by atoms with Gasteiger partial charge in [0.05, 0.1) is 12.4 Å². The molecule has 0 spiro atoms. The lowest BCUT2D eigenvalue weighted by Gasteiger charge is -2.24. The zero-order valence-electron chi connectivity index (χ0n) is 19.9. The maximum Gasteiger partial charge on any atom is 0.326 e. The summed E-state index contributed by atoms with van der Waals surface area (Å²) in [6, 6.07) is -4.99. The molecule has 206 valence electrons. The third-order valence-electron chi connectivity index (χ3n) is 4.99. The number of carbonyl (C=O) groups excluding carboxylic acids is 3. The highest BCUT2D eigenvalue weighted by Gasteiger charge is 2.30. The molecule has 0 radical (unpaired) electrons. The number of imidazole rings is 1. The van der Waals surface area contributed by atoms with Gasteiger partial charge in [0, 0.05) is 37.0 Å². The average Bonchev–Trinajstić information content (AvgIpc) is 3.34. The topological polar surface area (TPSA) is 281 Å². The molecule has 1 heterocycles. The van der Waals surface area contributed by atoms with Gasteiger partial charge in [-0.1, -0.05) is 0 Å². The van der Waals surface area contributed by atoms with E-state index >= 15 is 0 Å². The molecule has 0 saturated carbocycles. The molecule has 0 fully saturated rings. The lowest BCUT2D eigenvalue weighted by Crippen LogP contribution is -2.57. The molecule has 17 heteroatoms. The minimum absolute atomic E-state index is 0.00148. The number of thiol groups is 1. The molecule has 4 atom stereocenters. The standard InChI is InChI=1S/C20H33N9O7S/c21-11(8-37)16(32)27-12(3-4-15(30)31)17(33)29-14(6-10-7-24-9-26-10)18(34)28-13(19(35)36)2-1-5-25-20(22)23/h7,9,11-14,37H,1-6,8,21H2,(H,24,26)(H,27,32)(H,28,34)(H,29,33)(H,30,31)(H,35,36)(H4,22,23,25). The monoisotopic (exact) mass is 543 g/mol. The zero-order valence-corrected chi connectivity index (χ0v) is 20.8. The Morgan fingerprint density at radius 3 is 2.16 bits per heavy atom. The van der Waals surface area contributed by atoms with Crippen LogP contribution in [0, 0.1) is 0 Å². The van der Waals surface area contributed by atoms with Crippen LogP contribution in [0.1, 0.15) is 31.4 Å². The normalized spacial score (nSPS) is 13.9. The summed E-state index contributed by atoms with van der Waals surface area (Å²) in [5, 5.41) is 25.7. The van der Waals surface area contributed by atoms with Gasteiger partial charge in [0.1, 0.15) is 18.1 Å². The minimum Gasteiger partial charge on any atom is -0.481 e. The fraction of sp³-hybridized carbons (Fsp3) is 0.550. The summed E-state index contributed by atoms with van der Waals surface area (Å²) < 4.78 is 0. The number of hydrogen-bond acceptors (Lipinski definition) is 9. The van der Waals surface area contributed by atoms with E-state index in [4.69, 9.17) is 22.3 Å². The van der Waals surface area contributed by atoms with Gasteiger partial charge in [-0.15, -0.1) is 0 Å². The van der Waals surface area contributed by atoms with Crippen molar-refractivity contribution in [1.82, 2.24) is 25.9 Å². The zero-order chi connectivity index (χ0) is 28.0. The molecule has 1 rings (SSSR count). The van der Waals surface area contributed by atoms with Crippen LogP contribution in [0.3, 0.4) is 0 Å². The molecule has 0 bridgehead atoms. The fourth-order valence-corrected chi connectivity index (χ4v) is 3.20. The smallest absolute Gasteiger partial charge is 0.326 e. The molecule has 16 nitrogen and oxygen atoms in total. The Balaban J connectivity index is 3.04. The predicted octanol–water partition coefficient (Wildman–Crippen LogP) is -3.33. The predicted molar refractivity (Wildman–Crippen MR) is 134 cm³/mol. The van der Waals surface area contributed by atoms with Gasteiger partial charge in [-0.25, -0.2) is 9.78 Å². The van der Waals surface area contributed by atoms with Crippen molar-refractivity contribution in [3.63, 3.8) is 0 Å². The van der Waals surface area contributed by atoms with Gasteiger partial charge < -0.3 is 48.3 Å². The molecule has 0 aliphatic rings. The van der Waals surface area contributed by atoms with Crippen molar-refractivity contribution in [3.8, 4) is 0 Å². The van der Waals surface area contributed by atoms with Crippen molar-refractivity contribution in [1.29, 1.82) is 0 Å². The Morgan fingerprint density at radius 2 is 1.62 bits per heavy atom. The molecular formula is C20H33N9O7S. The SMILES string of the molecule is NC(N)=NCCCC(NC(=O)C(Cc1cnc[nH]1)NC(=O)C(CCC(=O)O)NC(=O)C(N)CS)C(=O)O. The van der Waals surface area contributed by atoms with Gasteiger partial charge in [0.15, 0.2) is 5.96 Å². The molecule has 0 aliphatic heterocycles.